The number of amides is 1. The molecule has 1 N–H and O–H groups in total. The van der Waals surface area contributed by atoms with Crippen molar-refractivity contribution in [1.29, 1.82) is 0 Å². The maximum Gasteiger partial charge on any atom is 0.246 e. The van der Waals surface area contributed by atoms with E-state index in [2.05, 4.69) is 10.4 Å². The first-order valence-corrected chi connectivity index (χ1v) is 7.83. The van der Waals surface area contributed by atoms with Crippen molar-refractivity contribution in [2.45, 2.75) is 32.4 Å². The van der Waals surface area contributed by atoms with Crippen molar-refractivity contribution in [3.05, 3.63) is 42.2 Å². The van der Waals surface area contributed by atoms with Gasteiger partial charge in [0.05, 0.1) is 11.8 Å². The average molecular weight is 315 g/mol. The van der Waals surface area contributed by atoms with Crippen LogP contribution in [-0.4, -0.2) is 35.0 Å². The highest BCUT2D eigenvalue weighted by Gasteiger charge is 2.15. The predicted octanol–water partition coefficient (Wildman–Crippen LogP) is 2.39. The van der Waals surface area contributed by atoms with E-state index in [1.807, 2.05) is 37.3 Å². The average Bonchev–Trinajstić information content (AvgIpc) is 3.18. The van der Waals surface area contributed by atoms with Gasteiger partial charge in [-0.2, -0.15) is 5.10 Å². The van der Waals surface area contributed by atoms with E-state index < -0.39 is 0 Å². The molecule has 0 bridgehead atoms. The van der Waals surface area contributed by atoms with E-state index >= 15 is 0 Å². The van der Waals surface area contributed by atoms with Crippen molar-refractivity contribution in [3.63, 3.8) is 0 Å². The Morgan fingerprint density at radius 2 is 2.22 bits per heavy atom. The molecule has 2 heterocycles. The van der Waals surface area contributed by atoms with Crippen molar-refractivity contribution in [3.8, 4) is 5.75 Å². The summed E-state index contributed by atoms with van der Waals surface area (Å²) in [5, 5.41) is 7.04. The normalized spacial score (nSPS) is 17.2. The van der Waals surface area contributed by atoms with Crippen LogP contribution in [0.2, 0.25) is 0 Å². The molecule has 1 amide bonds. The lowest BCUT2D eigenvalue weighted by atomic mass is 10.2. The molecule has 1 saturated heterocycles. The van der Waals surface area contributed by atoms with Gasteiger partial charge in [0.25, 0.3) is 0 Å². The molecule has 1 aromatic carbocycles. The van der Waals surface area contributed by atoms with Gasteiger partial charge in [0.1, 0.15) is 18.9 Å². The minimum atomic E-state index is -0.110. The van der Waals surface area contributed by atoms with Gasteiger partial charge in [-0.15, -0.1) is 0 Å². The molecule has 2 aromatic rings. The highest BCUT2D eigenvalue weighted by Crippen LogP contribution is 2.18. The van der Waals surface area contributed by atoms with Gasteiger partial charge in [0, 0.05) is 18.5 Å². The number of ether oxygens (including phenoxy) is 2. The maximum absolute atomic E-state index is 12.0. The first kappa shape index (κ1) is 15.6. The number of aromatic nitrogens is 2. The van der Waals surface area contributed by atoms with Gasteiger partial charge in [-0.05, 0) is 50.1 Å². The number of rotatable bonds is 6. The van der Waals surface area contributed by atoms with Crippen LogP contribution in [0, 0.1) is 6.92 Å². The second-order valence-corrected chi connectivity index (χ2v) is 5.67. The molecule has 0 radical (unpaired) electrons. The van der Waals surface area contributed by atoms with Crippen molar-refractivity contribution in [2.24, 2.45) is 0 Å². The molecule has 1 fully saturated rings. The summed E-state index contributed by atoms with van der Waals surface area (Å²) in [6.07, 6.45) is 4.15. The summed E-state index contributed by atoms with van der Waals surface area (Å²) in [5.74, 6) is 0.669. The molecule has 23 heavy (non-hydrogen) atoms. The molecular weight excluding hydrogens is 294 g/mol. The Hall–Kier alpha value is -2.34. The maximum atomic E-state index is 12.0. The van der Waals surface area contributed by atoms with Gasteiger partial charge in [-0.25, -0.2) is 0 Å². The molecular formula is C17H21N3O3. The largest absolute Gasteiger partial charge is 0.491 e. The number of carbonyl (C=O) groups excluding carboxylic acids is 1. The smallest absolute Gasteiger partial charge is 0.246 e. The van der Waals surface area contributed by atoms with Crippen LogP contribution in [0.5, 0.6) is 5.75 Å². The van der Waals surface area contributed by atoms with E-state index in [1.165, 1.54) is 0 Å². The molecule has 0 spiro atoms. The van der Waals surface area contributed by atoms with E-state index in [0.29, 0.717) is 6.61 Å². The fourth-order valence-electron chi connectivity index (χ4n) is 2.50. The van der Waals surface area contributed by atoms with E-state index in [4.69, 9.17) is 9.47 Å². The number of nitrogens with zero attached hydrogens (tertiary/aromatic N) is 2. The molecule has 1 unspecified atom stereocenters. The summed E-state index contributed by atoms with van der Waals surface area (Å²) < 4.78 is 12.8. The Kier molecular flexibility index (Phi) is 4.92. The standard InChI is InChI=1S/C17H21N3O3/c1-13-8-9-20(19-13)11-17(21)18-14-4-6-15(7-5-14)23-12-16-3-2-10-22-16/h4-9,16H,2-3,10-12H2,1H3,(H,18,21). The zero-order valence-electron chi connectivity index (χ0n) is 13.2. The molecule has 1 aliphatic heterocycles. The van der Waals surface area contributed by atoms with Gasteiger partial charge in [-0.3, -0.25) is 9.48 Å². The summed E-state index contributed by atoms with van der Waals surface area (Å²) in [4.78, 5) is 12.0. The molecule has 122 valence electrons. The number of nitrogens with one attached hydrogen (secondary N) is 1. The molecule has 3 rings (SSSR count). The highest BCUT2D eigenvalue weighted by molar-refractivity contribution is 5.90. The van der Waals surface area contributed by atoms with Crippen molar-refractivity contribution in [2.75, 3.05) is 18.5 Å². The van der Waals surface area contributed by atoms with Gasteiger partial charge >= 0.3 is 0 Å². The molecule has 1 atom stereocenters. The zero-order valence-corrected chi connectivity index (χ0v) is 13.2. The van der Waals surface area contributed by atoms with Gasteiger partial charge in [-0.1, -0.05) is 0 Å². The van der Waals surface area contributed by atoms with E-state index in [9.17, 15) is 4.79 Å². The highest BCUT2D eigenvalue weighted by atomic mass is 16.5. The van der Waals surface area contributed by atoms with E-state index in [0.717, 1.165) is 36.6 Å². The SMILES string of the molecule is Cc1ccn(CC(=O)Nc2ccc(OCC3CCCO3)cc2)n1. The summed E-state index contributed by atoms with van der Waals surface area (Å²) in [7, 11) is 0. The Morgan fingerprint density at radius 1 is 1.39 bits per heavy atom. The Bertz CT molecular complexity index is 645. The fourth-order valence-corrected chi connectivity index (χ4v) is 2.50. The predicted molar refractivity (Wildman–Crippen MR) is 86.5 cm³/mol. The topological polar surface area (TPSA) is 65.4 Å². The van der Waals surface area contributed by atoms with Gasteiger partial charge in [0.2, 0.25) is 5.91 Å². The number of aryl methyl sites for hydroxylation is 1. The van der Waals surface area contributed by atoms with Crippen LogP contribution in [0.25, 0.3) is 0 Å². The number of hydrogen-bond donors (Lipinski definition) is 1. The van der Waals surface area contributed by atoms with Crippen LogP contribution < -0.4 is 10.1 Å². The third kappa shape index (κ3) is 4.56. The number of carbonyl (C=O) groups is 1. The van der Waals surface area contributed by atoms with Crippen LogP contribution in [0.1, 0.15) is 18.5 Å². The first-order valence-electron chi connectivity index (χ1n) is 7.83. The van der Waals surface area contributed by atoms with E-state index in [-0.39, 0.29) is 18.6 Å². The molecule has 0 saturated carbocycles. The first-order chi connectivity index (χ1) is 11.2. The quantitative estimate of drug-likeness (QED) is 0.889. The Balaban J connectivity index is 1.47. The van der Waals surface area contributed by atoms with Crippen LogP contribution >= 0.6 is 0 Å². The second kappa shape index (κ2) is 7.28. The fraction of sp³-hybridized carbons (Fsp3) is 0.412. The third-order valence-electron chi connectivity index (χ3n) is 3.68. The van der Waals surface area contributed by atoms with Crippen LogP contribution in [0.4, 0.5) is 5.69 Å². The third-order valence-corrected chi connectivity index (χ3v) is 3.68. The Labute approximate surface area is 135 Å². The number of benzene rings is 1. The molecule has 1 aliphatic rings. The summed E-state index contributed by atoms with van der Waals surface area (Å²) in [6.45, 7) is 3.49. The minimum absolute atomic E-state index is 0.110. The molecule has 0 aliphatic carbocycles. The summed E-state index contributed by atoms with van der Waals surface area (Å²) in [6, 6.07) is 9.23. The van der Waals surface area contributed by atoms with Gasteiger partial charge in [0.15, 0.2) is 0 Å². The molecule has 6 nitrogen and oxygen atoms in total. The lowest BCUT2D eigenvalue weighted by Crippen LogP contribution is -2.19. The van der Waals surface area contributed by atoms with Gasteiger partial charge < -0.3 is 14.8 Å². The molecule has 6 heteroatoms. The zero-order chi connectivity index (χ0) is 16.1. The van der Waals surface area contributed by atoms with Crippen molar-refractivity contribution in [1.82, 2.24) is 9.78 Å². The lowest BCUT2D eigenvalue weighted by molar-refractivity contribution is -0.116. The summed E-state index contributed by atoms with van der Waals surface area (Å²) >= 11 is 0. The van der Waals surface area contributed by atoms with Crippen molar-refractivity contribution < 1.29 is 14.3 Å². The second-order valence-electron chi connectivity index (χ2n) is 5.67. The summed E-state index contributed by atoms with van der Waals surface area (Å²) in [5.41, 5.74) is 1.63. The van der Waals surface area contributed by atoms with E-state index in [1.54, 1.807) is 10.9 Å². The number of anilines is 1. The minimum Gasteiger partial charge on any atom is -0.491 e. The number of hydrogen-bond acceptors (Lipinski definition) is 4. The van der Waals surface area contributed by atoms with Crippen LogP contribution in [0.3, 0.4) is 0 Å². The van der Waals surface area contributed by atoms with Crippen molar-refractivity contribution >= 4 is 11.6 Å². The van der Waals surface area contributed by atoms with Crippen LogP contribution in [0.15, 0.2) is 36.5 Å². The molecule has 1 aromatic heterocycles. The monoisotopic (exact) mass is 315 g/mol. The lowest BCUT2D eigenvalue weighted by Gasteiger charge is -2.12. The Morgan fingerprint density at radius 3 is 2.87 bits per heavy atom. The van der Waals surface area contributed by atoms with Crippen LogP contribution in [-0.2, 0) is 16.1 Å².